The van der Waals surface area contributed by atoms with Crippen LogP contribution in [0.5, 0.6) is 0 Å². The first-order chi connectivity index (χ1) is 10.9. The number of carbonyl (C=O) groups is 2. The average molecular weight is 319 g/mol. The lowest BCUT2D eigenvalue weighted by atomic mass is 10.1. The Hall–Kier alpha value is -2.77. The zero-order chi connectivity index (χ0) is 16.6. The summed E-state index contributed by atoms with van der Waals surface area (Å²) >= 11 is 0. The van der Waals surface area contributed by atoms with Crippen molar-refractivity contribution in [2.45, 2.75) is 26.0 Å². The van der Waals surface area contributed by atoms with Gasteiger partial charge in [0.25, 0.3) is 5.91 Å². The summed E-state index contributed by atoms with van der Waals surface area (Å²) in [7, 11) is 0. The molecular weight excluding hydrogens is 302 g/mol. The smallest absolute Gasteiger partial charge is 0.417 e. The van der Waals surface area contributed by atoms with Crippen LogP contribution in [0.4, 0.5) is 4.79 Å². The summed E-state index contributed by atoms with van der Waals surface area (Å²) in [6.07, 6.45) is -0.814. The van der Waals surface area contributed by atoms with Crippen molar-refractivity contribution in [3.63, 3.8) is 0 Å². The topological polar surface area (TPSA) is 105 Å². The van der Waals surface area contributed by atoms with Gasteiger partial charge in [0, 0.05) is 6.04 Å². The largest absolute Gasteiger partial charge is 0.442 e. The summed E-state index contributed by atoms with van der Waals surface area (Å²) in [6.45, 7) is 4.30. The van der Waals surface area contributed by atoms with Crippen molar-refractivity contribution in [3.05, 3.63) is 34.3 Å². The summed E-state index contributed by atoms with van der Waals surface area (Å²) in [5.41, 5.74) is 1.03. The van der Waals surface area contributed by atoms with E-state index in [0.717, 1.165) is 0 Å². The Balaban J connectivity index is 1.64. The Labute approximate surface area is 131 Å². The molecule has 1 aliphatic heterocycles. The highest BCUT2D eigenvalue weighted by Gasteiger charge is 2.35. The van der Waals surface area contributed by atoms with Crippen molar-refractivity contribution < 1.29 is 18.7 Å². The number of amides is 2. The van der Waals surface area contributed by atoms with E-state index >= 15 is 0 Å². The maximum absolute atomic E-state index is 12.5. The number of nitrogens with zero attached hydrogens (tertiary/aromatic N) is 1. The Morgan fingerprint density at radius 1 is 1.39 bits per heavy atom. The number of H-pyrrole nitrogens is 1. The highest BCUT2D eigenvalue weighted by molar-refractivity contribution is 6.04. The van der Waals surface area contributed by atoms with Crippen molar-refractivity contribution in [2.75, 3.05) is 13.1 Å². The van der Waals surface area contributed by atoms with Gasteiger partial charge in [0.15, 0.2) is 5.58 Å². The Morgan fingerprint density at radius 2 is 2.13 bits per heavy atom. The van der Waals surface area contributed by atoms with Gasteiger partial charge in [-0.05, 0) is 26.0 Å². The second-order valence-electron chi connectivity index (χ2n) is 5.73. The molecule has 3 rings (SSSR count). The number of benzene rings is 1. The highest BCUT2D eigenvalue weighted by atomic mass is 16.6. The van der Waals surface area contributed by atoms with Crippen LogP contribution in [-0.4, -0.2) is 47.1 Å². The number of carbonyl (C=O) groups excluding carboxylic acids is 2. The molecule has 2 aromatic rings. The van der Waals surface area contributed by atoms with Gasteiger partial charge >= 0.3 is 11.8 Å². The number of hydrogen-bond acceptors (Lipinski definition) is 5. The van der Waals surface area contributed by atoms with Crippen molar-refractivity contribution in [2.24, 2.45) is 0 Å². The van der Waals surface area contributed by atoms with E-state index in [9.17, 15) is 14.4 Å². The van der Waals surface area contributed by atoms with Gasteiger partial charge in [0.05, 0.1) is 24.2 Å². The predicted octanol–water partition coefficient (Wildman–Crippen LogP) is 1.08. The Morgan fingerprint density at radius 3 is 2.83 bits per heavy atom. The van der Waals surface area contributed by atoms with Gasteiger partial charge in [-0.25, -0.2) is 9.59 Å². The van der Waals surface area contributed by atoms with Gasteiger partial charge in [-0.2, -0.15) is 0 Å². The summed E-state index contributed by atoms with van der Waals surface area (Å²) in [6, 6.07) is 4.93. The van der Waals surface area contributed by atoms with Gasteiger partial charge in [-0.3, -0.25) is 9.78 Å². The van der Waals surface area contributed by atoms with E-state index in [0.29, 0.717) is 24.2 Å². The number of nitrogens with one attached hydrogen (secondary N) is 2. The highest BCUT2D eigenvalue weighted by Crippen LogP contribution is 2.21. The molecule has 122 valence electrons. The van der Waals surface area contributed by atoms with Crippen LogP contribution in [0.2, 0.25) is 0 Å². The molecule has 0 unspecified atom stereocenters. The average Bonchev–Trinajstić information content (AvgIpc) is 2.80. The first kappa shape index (κ1) is 15.1. The van der Waals surface area contributed by atoms with Crippen molar-refractivity contribution >= 4 is 23.1 Å². The first-order valence-electron chi connectivity index (χ1n) is 7.32. The molecule has 8 heteroatoms. The van der Waals surface area contributed by atoms with Crippen LogP contribution in [0.1, 0.15) is 24.2 Å². The van der Waals surface area contributed by atoms with Crippen molar-refractivity contribution in [3.8, 4) is 0 Å². The molecule has 1 fully saturated rings. The minimum absolute atomic E-state index is 0.00518. The molecule has 1 saturated heterocycles. The number of oxazole rings is 1. The lowest BCUT2D eigenvalue weighted by molar-refractivity contribution is -0.00696. The van der Waals surface area contributed by atoms with Gasteiger partial charge < -0.3 is 19.4 Å². The molecule has 0 radical (unpaired) electrons. The summed E-state index contributed by atoms with van der Waals surface area (Å²) in [4.78, 5) is 39.3. The molecular formula is C15H17N3O5. The molecule has 1 aliphatic rings. The third kappa shape index (κ3) is 3.05. The number of aromatic amines is 1. The summed E-state index contributed by atoms with van der Waals surface area (Å²) < 4.78 is 10.2. The third-order valence-electron chi connectivity index (χ3n) is 3.49. The van der Waals surface area contributed by atoms with Crippen molar-refractivity contribution in [1.29, 1.82) is 0 Å². The zero-order valence-electron chi connectivity index (χ0n) is 12.8. The van der Waals surface area contributed by atoms with Crippen LogP contribution < -0.4 is 11.1 Å². The molecule has 1 aromatic carbocycles. The van der Waals surface area contributed by atoms with Crippen LogP contribution in [0.3, 0.4) is 0 Å². The minimum atomic E-state index is -0.601. The molecule has 2 N–H and O–H groups in total. The number of alkyl carbamates (subject to hydrolysis) is 1. The van der Waals surface area contributed by atoms with E-state index in [1.807, 2.05) is 13.8 Å². The normalized spacial score (nSPS) is 14.8. The van der Waals surface area contributed by atoms with E-state index in [-0.39, 0.29) is 23.6 Å². The van der Waals surface area contributed by atoms with E-state index < -0.39 is 11.8 Å². The van der Waals surface area contributed by atoms with Gasteiger partial charge in [0.1, 0.15) is 6.10 Å². The molecule has 0 saturated carbocycles. The van der Waals surface area contributed by atoms with E-state index in [1.165, 1.54) is 4.90 Å². The summed E-state index contributed by atoms with van der Waals surface area (Å²) in [5, 5.41) is 2.63. The van der Waals surface area contributed by atoms with Gasteiger partial charge in [-0.15, -0.1) is 0 Å². The Kier molecular flexibility index (Phi) is 3.81. The molecule has 0 aliphatic carbocycles. The summed E-state index contributed by atoms with van der Waals surface area (Å²) in [5.74, 6) is -0.863. The fourth-order valence-electron chi connectivity index (χ4n) is 2.41. The van der Waals surface area contributed by atoms with E-state index in [2.05, 4.69) is 10.3 Å². The molecule has 0 spiro atoms. The van der Waals surface area contributed by atoms with Crippen LogP contribution >= 0.6 is 0 Å². The van der Waals surface area contributed by atoms with Crippen LogP contribution in [0, 0.1) is 0 Å². The molecule has 0 bridgehead atoms. The number of aromatic nitrogens is 1. The maximum atomic E-state index is 12.5. The minimum Gasteiger partial charge on any atom is -0.442 e. The number of rotatable bonds is 3. The zero-order valence-corrected chi connectivity index (χ0v) is 12.8. The number of likely N-dealkylation sites (tertiary alicyclic amines) is 1. The molecule has 0 atom stereocenters. The standard InChI is InChI=1S/C15H17N3O5/c1-8(2)16-14(20)22-9-6-18(7-9)13(19)10-4-3-5-11-12(10)23-15(21)17-11/h3-5,8-9H,6-7H2,1-2H3,(H,16,20)(H,17,21). The first-order valence-corrected chi connectivity index (χ1v) is 7.32. The SMILES string of the molecule is CC(C)NC(=O)OC1CN(C(=O)c2cccc3[nH]c(=O)oc23)C1. The molecule has 8 nitrogen and oxygen atoms in total. The maximum Gasteiger partial charge on any atom is 0.417 e. The van der Waals surface area contributed by atoms with E-state index in [1.54, 1.807) is 18.2 Å². The van der Waals surface area contributed by atoms with Crippen molar-refractivity contribution in [1.82, 2.24) is 15.2 Å². The molecule has 2 heterocycles. The lowest BCUT2D eigenvalue weighted by Gasteiger charge is -2.38. The monoisotopic (exact) mass is 319 g/mol. The number of ether oxygens (including phenoxy) is 1. The van der Waals surface area contributed by atoms with Crippen LogP contribution in [-0.2, 0) is 4.74 Å². The Bertz CT molecular complexity index is 801. The van der Waals surface area contributed by atoms with E-state index in [4.69, 9.17) is 9.15 Å². The second-order valence-corrected chi connectivity index (χ2v) is 5.73. The molecule has 2 amide bonds. The fourth-order valence-corrected chi connectivity index (χ4v) is 2.41. The number of hydrogen-bond donors (Lipinski definition) is 2. The van der Waals surface area contributed by atoms with Gasteiger partial charge in [-0.1, -0.05) is 6.07 Å². The van der Waals surface area contributed by atoms with Crippen LogP contribution in [0.15, 0.2) is 27.4 Å². The predicted molar refractivity (Wildman–Crippen MR) is 81.3 cm³/mol. The third-order valence-corrected chi connectivity index (χ3v) is 3.49. The van der Waals surface area contributed by atoms with Gasteiger partial charge in [0.2, 0.25) is 0 Å². The van der Waals surface area contributed by atoms with Crippen LogP contribution in [0.25, 0.3) is 11.1 Å². The molecule has 23 heavy (non-hydrogen) atoms. The molecule has 1 aromatic heterocycles. The lowest BCUT2D eigenvalue weighted by Crippen LogP contribution is -2.56. The quantitative estimate of drug-likeness (QED) is 0.881. The fraction of sp³-hybridized carbons (Fsp3) is 0.400. The second kappa shape index (κ2) is 5.79. The number of fused-ring (bicyclic) bond motifs is 1. The number of para-hydroxylation sites is 1.